The second-order valence-corrected chi connectivity index (χ2v) is 6.76. The van der Waals surface area contributed by atoms with Crippen LogP contribution in [0.3, 0.4) is 0 Å². The largest absolute Gasteiger partial charge is 0.595 e. The zero-order chi connectivity index (χ0) is 18.6. The van der Waals surface area contributed by atoms with Gasteiger partial charge in [-0.1, -0.05) is 65.8 Å². The number of nitrogens with one attached hydrogen (secondary N) is 2. The van der Waals surface area contributed by atoms with E-state index in [9.17, 15) is 5.21 Å². The zero-order valence-electron chi connectivity index (χ0n) is 14.9. The first-order chi connectivity index (χ1) is 13.2. The molecular formula is C22H22N3O2+. The molecular weight excluding hydrogens is 338 g/mol. The van der Waals surface area contributed by atoms with E-state index in [0.29, 0.717) is 5.69 Å². The van der Waals surface area contributed by atoms with Gasteiger partial charge in [0.25, 0.3) is 0 Å². The minimum absolute atomic E-state index is 0.251. The fraction of sp³-hybridized carbons (Fsp3) is 0.136. The van der Waals surface area contributed by atoms with Crippen molar-refractivity contribution < 1.29 is 15.4 Å². The summed E-state index contributed by atoms with van der Waals surface area (Å²) in [5, 5.41) is 25.4. The molecule has 3 N–H and O–H groups in total. The van der Waals surface area contributed by atoms with Crippen molar-refractivity contribution >= 4 is 11.4 Å². The van der Waals surface area contributed by atoms with Gasteiger partial charge in [-0.05, 0) is 12.1 Å². The predicted octanol–water partition coefficient (Wildman–Crippen LogP) is 2.02. The fourth-order valence-electron chi connectivity index (χ4n) is 3.55. The second kappa shape index (κ2) is 7.82. The summed E-state index contributed by atoms with van der Waals surface area (Å²) >= 11 is 0. The first kappa shape index (κ1) is 17.6. The van der Waals surface area contributed by atoms with Crippen molar-refractivity contribution in [1.82, 2.24) is 0 Å². The molecule has 2 unspecified atom stereocenters. The lowest BCUT2D eigenvalue weighted by Gasteiger charge is -2.18. The smallest absolute Gasteiger partial charge is 0.163 e. The van der Waals surface area contributed by atoms with E-state index in [1.807, 2.05) is 36.4 Å². The summed E-state index contributed by atoms with van der Waals surface area (Å²) < 4.78 is 0. The van der Waals surface area contributed by atoms with Gasteiger partial charge in [-0.15, -0.1) is 0 Å². The van der Waals surface area contributed by atoms with Gasteiger partial charge in [-0.3, -0.25) is 0 Å². The lowest BCUT2D eigenvalue weighted by molar-refractivity contribution is -0.991. The van der Waals surface area contributed by atoms with E-state index in [0.717, 1.165) is 34.8 Å². The number of nitrogens with zero attached hydrogens (tertiary/aromatic N) is 1. The van der Waals surface area contributed by atoms with Crippen molar-refractivity contribution in [2.45, 2.75) is 19.0 Å². The third kappa shape index (κ3) is 3.97. The quantitative estimate of drug-likeness (QED) is 0.610. The van der Waals surface area contributed by atoms with Crippen LogP contribution in [-0.4, -0.2) is 10.9 Å². The topological polar surface area (TPSA) is 64.5 Å². The molecule has 1 heterocycles. The third-order valence-corrected chi connectivity index (χ3v) is 4.97. The zero-order valence-corrected chi connectivity index (χ0v) is 14.9. The van der Waals surface area contributed by atoms with Gasteiger partial charge in [0, 0.05) is 28.8 Å². The number of hydrogen-bond donors (Lipinski definition) is 3. The standard InChI is InChI=1S/C22H21N3O2/c26-25(27)20-13-11-17(12-14-20)16-24-22(19-9-5-2-6-10-19)15-21(23-24)18-7-3-1-4-8-18/h1-14,22,25-26H,15-16H2/p+1/t22-/m1/s1. The summed E-state index contributed by atoms with van der Waals surface area (Å²) in [5.41, 5.74) is 4.93. The molecule has 0 bridgehead atoms. The van der Waals surface area contributed by atoms with Crippen LogP contribution in [0.1, 0.15) is 29.2 Å². The Morgan fingerprint density at radius 1 is 0.926 bits per heavy atom. The van der Waals surface area contributed by atoms with Crippen molar-refractivity contribution in [2.24, 2.45) is 5.10 Å². The summed E-state index contributed by atoms with van der Waals surface area (Å²) in [6.07, 6.45) is 0.885. The lowest BCUT2D eigenvalue weighted by atomic mass is 9.98. The van der Waals surface area contributed by atoms with Gasteiger partial charge in [-0.25, -0.2) is 5.21 Å². The molecule has 0 spiro atoms. The Kier molecular flexibility index (Phi) is 5.09. The van der Waals surface area contributed by atoms with Gasteiger partial charge < -0.3 is 5.21 Å². The van der Waals surface area contributed by atoms with Crippen molar-refractivity contribution in [2.75, 3.05) is 0 Å². The van der Waals surface area contributed by atoms with E-state index in [2.05, 4.69) is 36.4 Å². The molecule has 5 nitrogen and oxygen atoms in total. The van der Waals surface area contributed by atoms with Crippen LogP contribution < -0.4 is 10.2 Å². The molecule has 5 heteroatoms. The highest BCUT2D eigenvalue weighted by Crippen LogP contribution is 2.21. The summed E-state index contributed by atoms with van der Waals surface area (Å²) in [4.78, 5) is 0. The van der Waals surface area contributed by atoms with Crippen LogP contribution in [0.15, 0.2) is 90.0 Å². The van der Waals surface area contributed by atoms with Gasteiger partial charge in [0.1, 0.15) is 18.3 Å². The summed E-state index contributed by atoms with van der Waals surface area (Å²) in [7, 11) is 0. The number of hydrogen-bond acceptors (Lipinski definition) is 3. The van der Waals surface area contributed by atoms with Crippen LogP contribution in [0, 0.1) is 5.21 Å². The van der Waals surface area contributed by atoms with E-state index in [4.69, 9.17) is 10.3 Å². The molecule has 0 aliphatic carbocycles. The molecule has 1 aliphatic rings. The van der Waals surface area contributed by atoms with Crippen LogP contribution in [0.4, 0.5) is 5.69 Å². The highest BCUT2D eigenvalue weighted by molar-refractivity contribution is 6.01. The Labute approximate surface area is 158 Å². The van der Waals surface area contributed by atoms with Crippen molar-refractivity contribution in [3.63, 3.8) is 0 Å². The van der Waals surface area contributed by atoms with Crippen molar-refractivity contribution in [3.8, 4) is 0 Å². The maximum absolute atomic E-state index is 11.1. The van der Waals surface area contributed by atoms with E-state index in [1.165, 1.54) is 5.56 Å². The van der Waals surface area contributed by atoms with Gasteiger partial charge in [0.05, 0.1) is 6.42 Å². The number of quaternary nitrogens is 2. The molecule has 136 valence electrons. The van der Waals surface area contributed by atoms with Gasteiger partial charge in [0.2, 0.25) is 0 Å². The van der Waals surface area contributed by atoms with Crippen LogP contribution in [0.2, 0.25) is 0 Å². The molecule has 3 aromatic carbocycles. The molecule has 3 aromatic rings. The summed E-state index contributed by atoms with van der Waals surface area (Å²) in [5.74, 6) is 0. The van der Waals surface area contributed by atoms with E-state index < -0.39 is 5.23 Å². The molecule has 0 saturated carbocycles. The number of rotatable bonds is 5. The molecule has 4 rings (SSSR count). The van der Waals surface area contributed by atoms with Gasteiger partial charge in [0.15, 0.2) is 5.69 Å². The minimum Gasteiger partial charge on any atom is -0.595 e. The Bertz CT molecular complexity index is 909. The normalized spacial score (nSPS) is 20.3. The Balaban J connectivity index is 1.62. The molecule has 3 atom stereocenters. The van der Waals surface area contributed by atoms with Crippen LogP contribution >= 0.6 is 0 Å². The second-order valence-electron chi connectivity index (χ2n) is 6.76. The first-order valence-corrected chi connectivity index (χ1v) is 9.06. The minimum atomic E-state index is -0.901. The molecule has 0 amide bonds. The molecule has 27 heavy (non-hydrogen) atoms. The van der Waals surface area contributed by atoms with Crippen LogP contribution in [-0.2, 0) is 6.54 Å². The summed E-state index contributed by atoms with van der Waals surface area (Å²) in [6, 6.07) is 28.1. The van der Waals surface area contributed by atoms with E-state index in [-0.39, 0.29) is 6.04 Å². The number of benzene rings is 3. The van der Waals surface area contributed by atoms with Crippen molar-refractivity contribution in [1.29, 1.82) is 0 Å². The lowest BCUT2D eigenvalue weighted by Crippen LogP contribution is -3.05. The maximum atomic E-state index is 11.1. The highest BCUT2D eigenvalue weighted by Gasteiger charge is 2.33. The third-order valence-electron chi connectivity index (χ3n) is 4.97. The molecule has 0 radical (unpaired) electrons. The molecule has 0 aromatic heterocycles. The van der Waals surface area contributed by atoms with E-state index >= 15 is 0 Å². The first-order valence-electron chi connectivity index (χ1n) is 9.06. The Hall–Kier alpha value is -2.83. The predicted molar refractivity (Wildman–Crippen MR) is 104 cm³/mol. The van der Waals surface area contributed by atoms with Gasteiger partial charge in [-0.2, -0.15) is 10.2 Å². The highest BCUT2D eigenvalue weighted by atomic mass is 16.8. The van der Waals surface area contributed by atoms with Crippen molar-refractivity contribution in [3.05, 3.63) is 107 Å². The monoisotopic (exact) mass is 360 g/mol. The van der Waals surface area contributed by atoms with Crippen LogP contribution in [0.5, 0.6) is 0 Å². The average molecular weight is 360 g/mol. The average Bonchev–Trinajstić information content (AvgIpc) is 3.13. The van der Waals surface area contributed by atoms with Gasteiger partial charge >= 0.3 is 0 Å². The molecule has 0 saturated heterocycles. The molecule has 0 fully saturated rings. The SMILES string of the molecule is [O-][NH+](O)c1ccc(C[NH+]2N=C(c3ccccc3)C[C@@H]2c2ccccc2)cc1. The molecule has 1 aliphatic heterocycles. The Morgan fingerprint density at radius 2 is 1.56 bits per heavy atom. The fourth-order valence-corrected chi connectivity index (χ4v) is 3.55. The summed E-state index contributed by atoms with van der Waals surface area (Å²) in [6.45, 7) is 0.718. The van der Waals surface area contributed by atoms with E-state index in [1.54, 1.807) is 12.1 Å². The Morgan fingerprint density at radius 3 is 2.19 bits per heavy atom. The maximum Gasteiger partial charge on any atom is 0.163 e. The van der Waals surface area contributed by atoms with Crippen LogP contribution in [0.25, 0.3) is 0 Å².